The van der Waals surface area contributed by atoms with E-state index in [9.17, 15) is 4.79 Å². The Bertz CT molecular complexity index is 543. The molecule has 0 saturated carbocycles. The molecule has 0 saturated heterocycles. The first-order valence-electron chi connectivity index (χ1n) is 4.77. The Labute approximate surface area is 88.0 Å². The van der Waals surface area contributed by atoms with Crippen molar-refractivity contribution in [2.45, 2.75) is 6.92 Å². The number of aromatic nitrogens is 2. The fraction of sp³-hybridized carbons (Fsp3) is 0.167. The first-order chi connectivity index (χ1) is 7.16. The molecule has 0 unspecified atom stereocenters. The predicted molar refractivity (Wildman–Crippen MR) is 59.7 cm³/mol. The quantitative estimate of drug-likeness (QED) is 0.703. The molecule has 0 aliphatic rings. The second-order valence-corrected chi connectivity index (χ2v) is 3.53. The molecule has 2 aromatic heterocycles. The van der Waals surface area contributed by atoms with Crippen LogP contribution in [0, 0.1) is 6.92 Å². The third kappa shape index (κ3) is 1.96. The van der Waals surface area contributed by atoms with Gasteiger partial charge in [0.05, 0.1) is 5.69 Å². The Morgan fingerprint density at radius 1 is 1.27 bits per heavy atom. The molecule has 0 radical (unpaired) electrons. The molecule has 3 heteroatoms. The lowest BCUT2D eigenvalue weighted by Gasteiger charge is -2.02. The van der Waals surface area contributed by atoms with E-state index < -0.39 is 0 Å². The van der Waals surface area contributed by atoms with Crippen LogP contribution in [0.4, 0.5) is 0 Å². The molecule has 2 heterocycles. The molecule has 0 aliphatic heterocycles. The molecule has 2 aromatic rings. The molecule has 0 fully saturated rings. The molecule has 0 amide bonds. The molecule has 0 bridgehead atoms. The SMILES string of the molecule is Cc1cccc(-c2ccn(C)c(=O)c2)n1. The molecule has 3 nitrogen and oxygen atoms in total. The summed E-state index contributed by atoms with van der Waals surface area (Å²) in [6.45, 7) is 1.94. The van der Waals surface area contributed by atoms with Crippen molar-refractivity contribution in [3.8, 4) is 11.3 Å². The highest BCUT2D eigenvalue weighted by atomic mass is 16.1. The van der Waals surface area contributed by atoms with E-state index in [2.05, 4.69) is 4.98 Å². The lowest BCUT2D eigenvalue weighted by molar-refractivity contribution is 0.861. The normalized spacial score (nSPS) is 10.3. The van der Waals surface area contributed by atoms with Gasteiger partial charge in [-0.3, -0.25) is 9.78 Å². The van der Waals surface area contributed by atoms with Gasteiger partial charge in [-0.25, -0.2) is 0 Å². The zero-order valence-electron chi connectivity index (χ0n) is 8.77. The van der Waals surface area contributed by atoms with Gasteiger partial charge in [0, 0.05) is 30.6 Å². The Hall–Kier alpha value is -1.90. The van der Waals surface area contributed by atoms with Crippen LogP contribution in [0.25, 0.3) is 11.3 Å². The summed E-state index contributed by atoms with van der Waals surface area (Å²) in [5.41, 5.74) is 2.64. The summed E-state index contributed by atoms with van der Waals surface area (Å²) >= 11 is 0. The van der Waals surface area contributed by atoms with Gasteiger partial charge in [0.1, 0.15) is 0 Å². The zero-order valence-corrected chi connectivity index (χ0v) is 8.77. The Balaban J connectivity index is 2.55. The molecule has 2 rings (SSSR count). The van der Waals surface area contributed by atoms with Crippen LogP contribution in [0.2, 0.25) is 0 Å². The summed E-state index contributed by atoms with van der Waals surface area (Å²) in [6, 6.07) is 9.27. The second kappa shape index (κ2) is 3.69. The van der Waals surface area contributed by atoms with Crippen molar-refractivity contribution in [1.29, 1.82) is 0 Å². The van der Waals surface area contributed by atoms with E-state index in [1.54, 1.807) is 23.9 Å². The van der Waals surface area contributed by atoms with E-state index in [4.69, 9.17) is 0 Å². The summed E-state index contributed by atoms with van der Waals surface area (Å²) in [5, 5.41) is 0. The van der Waals surface area contributed by atoms with Crippen LogP contribution in [0.3, 0.4) is 0 Å². The average Bonchev–Trinajstić information content (AvgIpc) is 2.22. The molecule has 0 spiro atoms. The fourth-order valence-electron chi connectivity index (χ4n) is 1.41. The van der Waals surface area contributed by atoms with Crippen LogP contribution >= 0.6 is 0 Å². The van der Waals surface area contributed by atoms with Gasteiger partial charge in [-0.2, -0.15) is 0 Å². The van der Waals surface area contributed by atoms with Gasteiger partial charge >= 0.3 is 0 Å². The monoisotopic (exact) mass is 200 g/mol. The summed E-state index contributed by atoms with van der Waals surface area (Å²) in [6.07, 6.45) is 1.75. The summed E-state index contributed by atoms with van der Waals surface area (Å²) < 4.78 is 1.54. The zero-order chi connectivity index (χ0) is 10.8. The number of hydrogen-bond donors (Lipinski definition) is 0. The standard InChI is InChI=1S/C12H12N2O/c1-9-4-3-5-11(13-9)10-6-7-14(2)12(15)8-10/h3-8H,1-2H3. The van der Waals surface area contributed by atoms with Crippen molar-refractivity contribution in [3.63, 3.8) is 0 Å². The van der Waals surface area contributed by atoms with E-state index in [1.165, 1.54) is 0 Å². The lowest BCUT2D eigenvalue weighted by Crippen LogP contribution is -2.14. The van der Waals surface area contributed by atoms with Crippen molar-refractivity contribution in [2.24, 2.45) is 7.05 Å². The number of aryl methyl sites for hydroxylation is 2. The highest BCUT2D eigenvalue weighted by Gasteiger charge is 2.00. The molecule has 76 valence electrons. The van der Waals surface area contributed by atoms with Gasteiger partial charge in [-0.15, -0.1) is 0 Å². The van der Waals surface area contributed by atoms with E-state index in [0.29, 0.717) is 0 Å². The van der Waals surface area contributed by atoms with Crippen LogP contribution in [0.1, 0.15) is 5.69 Å². The molecular formula is C12H12N2O. The van der Waals surface area contributed by atoms with Gasteiger partial charge in [0.15, 0.2) is 0 Å². The lowest BCUT2D eigenvalue weighted by atomic mass is 10.1. The first-order valence-corrected chi connectivity index (χ1v) is 4.77. The topological polar surface area (TPSA) is 34.9 Å². The Morgan fingerprint density at radius 2 is 2.07 bits per heavy atom. The van der Waals surface area contributed by atoms with E-state index in [0.717, 1.165) is 17.0 Å². The van der Waals surface area contributed by atoms with Gasteiger partial charge in [0.25, 0.3) is 5.56 Å². The van der Waals surface area contributed by atoms with Crippen molar-refractivity contribution >= 4 is 0 Å². The fourth-order valence-corrected chi connectivity index (χ4v) is 1.41. The smallest absolute Gasteiger partial charge is 0.250 e. The van der Waals surface area contributed by atoms with Crippen LogP contribution < -0.4 is 5.56 Å². The van der Waals surface area contributed by atoms with E-state index in [-0.39, 0.29) is 5.56 Å². The predicted octanol–water partition coefficient (Wildman–Crippen LogP) is 1.76. The first kappa shape index (κ1) is 9.65. The Kier molecular flexibility index (Phi) is 2.37. The average molecular weight is 200 g/mol. The van der Waals surface area contributed by atoms with Crippen LogP contribution in [-0.4, -0.2) is 9.55 Å². The molecule has 0 atom stereocenters. The maximum atomic E-state index is 11.4. The summed E-state index contributed by atoms with van der Waals surface area (Å²) in [5.74, 6) is 0. The molecular weight excluding hydrogens is 188 g/mol. The number of rotatable bonds is 1. The highest BCUT2D eigenvalue weighted by molar-refractivity contribution is 5.58. The minimum absolute atomic E-state index is 0.0178. The Morgan fingerprint density at radius 3 is 2.73 bits per heavy atom. The van der Waals surface area contributed by atoms with Gasteiger partial charge < -0.3 is 4.57 Å². The molecule has 0 N–H and O–H groups in total. The molecule has 0 aliphatic carbocycles. The van der Waals surface area contributed by atoms with Crippen molar-refractivity contribution in [2.75, 3.05) is 0 Å². The maximum Gasteiger partial charge on any atom is 0.250 e. The van der Waals surface area contributed by atoms with Gasteiger partial charge in [-0.1, -0.05) is 6.07 Å². The van der Waals surface area contributed by atoms with Crippen LogP contribution in [0.5, 0.6) is 0 Å². The van der Waals surface area contributed by atoms with Crippen LogP contribution in [0.15, 0.2) is 41.3 Å². The maximum absolute atomic E-state index is 11.4. The van der Waals surface area contributed by atoms with Gasteiger partial charge in [0.2, 0.25) is 0 Å². The third-order valence-corrected chi connectivity index (χ3v) is 2.29. The minimum Gasteiger partial charge on any atom is -0.319 e. The molecule has 15 heavy (non-hydrogen) atoms. The molecule has 0 aromatic carbocycles. The summed E-state index contributed by atoms with van der Waals surface area (Å²) in [7, 11) is 1.73. The summed E-state index contributed by atoms with van der Waals surface area (Å²) in [4.78, 5) is 15.8. The van der Waals surface area contributed by atoms with Crippen molar-refractivity contribution in [1.82, 2.24) is 9.55 Å². The van der Waals surface area contributed by atoms with E-state index >= 15 is 0 Å². The second-order valence-electron chi connectivity index (χ2n) is 3.53. The van der Waals surface area contributed by atoms with Crippen molar-refractivity contribution < 1.29 is 0 Å². The number of pyridine rings is 2. The van der Waals surface area contributed by atoms with Crippen molar-refractivity contribution in [3.05, 3.63) is 52.6 Å². The number of nitrogens with zero attached hydrogens (tertiary/aromatic N) is 2. The van der Waals surface area contributed by atoms with Gasteiger partial charge in [-0.05, 0) is 25.1 Å². The highest BCUT2D eigenvalue weighted by Crippen LogP contribution is 2.14. The third-order valence-electron chi connectivity index (χ3n) is 2.29. The van der Waals surface area contributed by atoms with E-state index in [1.807, 2.05) is 31.2 Å². The number of hydrogen-bond acceptors (Lipinski definition) is 2. The largest absolute Gasteiger partial charge is 0.319 e. The minimum atomic E-state index is -0.0178. The van der Waals surface area contributed by atoms with Crippen LogP contribution in [-0.2, 0) is 7.05 Å².